The molecule has 104 valence electrons. The molecule has 1 saturated heterocycles. The minimum Gasteiger partial charge on any atom is -0.381 e. The molecule has 0 spiro atoms. The highest BCUT2D eigenvalue weighted by molar-refractivity contribution is 7.89. The molecule has 1 heterocycles. The van der Waals surface area contributed by atoms with E-state index in [9.17, 15) is 13.2 Å². The molecule has 2 fully saturated rings. The van der Waals surface area contributed by atoms with E-state index in [4.69, 9.17) is 4.74 Å². The Labute approximate surface area is 108 Å². The third-order valence-corrected chi connectivity index (χ3v) is 5.76. The SMILES string of the molecule is COC1CC(N(C)C(=O)CN2CCCS2(=O)=O)C1. The Morgan fingerprint density at radius 2 is 2.11 bits per heavy atom. The first kappa shape index (κ1) is 13.8. The van der Waals surface area contributed by atoms with Crippen molar-refractivity contribution in [1.29, 1.82) is 0 Å². The van der Waals surface area contributed by atoms with E-state index < -0.39 is 10.0 Å². The fraction of sp³-hybridized carbons (Fsp3) is 0.909. The summed E-state index contributed by atoms with van der Waals surface area (Å²) in [6.07, 6.45) is 2.53. The smallest absolute Gasteiger partial charge is 0.237 e. The normalized spacial score (nSPS) is 31.0. The van der Waals surface area contributed by atoms with E-state index in [0.29, 0.717) is 13.0 Å². The molecule has 0 aromatic heterocycles. The zero-order valence-electron chi connectivity index (χ0n) is 10.8. The van der Waals surface area contributed by atoms with Gasteiger partial charge in [-0.05, 0) is 19.3 Å². The van der Waals surface area contributed by atoms with Crippen molar-refractivity contribution in [3.8, 4) is 0 Å². The molecule has 1 aliphatic heterocycles. The summed E-state index contributed by atoms with van der Waals surface area (Å²) in [5.41, 5.74) is 0. The largest absolute Gasteiger partial charge is 0.381 e. The predicted molar refractivity (Wildman–Crippen MR) is 66.6 cm³/mol. The highest BCUT2D eigenvalue weighted by atomic mass is 32.2. The van der Waals surface area contributed by atoms with Gasteiger partial charge in [-0.25, -0.2) is 8.42 Å². The highest BCUT2D eigenvalue weighted by Gasteiger charge is 2.36. The maximum Gasteiger partial charge on any atom is 0.237 e. The Bertz CT molecular complexity index is 417. The van der Waals surface area contributed by atoms with Crippen LogP contribution in [-0.2, 0) is 19.6 Å². The van der Waals surface area contributed by atoms with Crippen LogP contribution in [0.1, 0.15) is 19.3 Å². The monoisotopic (exact) mass is 276 g/mol. The molecule has 0 aromatic rings. The number of carbonyl (C=O) groups is 1. The van der Waals surface area contributed by atoms with Gasteiger partial charge >= 0.3 is 0 Å². The summed E-state index contributed by atoms with van der Waals surface area (Å²) in [7, 11) is 0.219. The molecule has 1 amide bonds. The molecule has 0 atom stereocenters. The van der Waals surface area contributed by atoms with E-state index in [1.54, 1.807) is 19.1 Å². The topological polar surface area (TPSA) is 66.9 Å². The van der Waals surface area contributed by atoms with Crippen LogP contribution in [0, 0.1) is 0 Å². The quantitative estimate of drug-likeness (QED) is 0.704. The number of rotatable bonds is 4. The second-order valence-electron chi connectivity index (χ2n) is 4.99. The molecule has 1 aliphatic carbocycles. The van der Waals surface area contributed by atoms with E-state index in [1.807, 2.05) is 0 Å². The van der Waals surface area contributed by atoms with Crippen molar-refractivity contribution >= 4 is 15.9 Å². The average Bonchev–Trinajstić information content (AvgIpc) is 2.56. The van der Waals surface area contributed by atoms with Crippen LogP contribution in [0.3, 0.4) is 0 Å². The van der Waals surface area contributed by atoms with Gasteiger partial charge in [0.25, 0.3) is 0 Å². The van der Waals surface area contributed by atoms with E-state index in [1.165, 1.54) is 4.31 Å². The second-order valence-corrected chi connectivity index (χ2v) is 7.08. The average molecular weight is 276 g/mol. The summed E-state index contributed by atoms with van der Waals surface area (Å²) in [4.78, 5) is 13.7. The lowest BCUT2D eigenvalue weighted by Gasteiger charge is -2.40. The molecule has 2 rings (SSSR count). The third-order valence-electron chi connectivity index (χ3n) is 3.86. The first-order valence-corrected chi connectivity index (χ1v) is 7.81. The zero-order valence-corrected chi connectivity index (χ0v) is 11.6. The molecule has 0 unspecified atom stereocenters. The molecule has 0 N–H and O–H groups in total. The Balaban J connectivity index is 1.85. The Morgan fingerprint density at radius 3 is 2.61 bits per heavy atom. The minimum absolute atomic E-state index is 0.0209. The van der Waals surface area contributed by atoms with Gasteiger partial charge in [0.15, 0.2) is 0 Å². The molecule has 7 heteroatoms. The van der Waals surface area contributed by atoms with Crippen LogP contribution >= 0.6 is 0 Å². The van der Waals surface area contributed by atoms with Gasteiger partial charge in [-0.3, -0.25) is 4.79 Å². The van der Waals surface area contributed by atoms with Crippen LogP contribution in [0.15, 0.2) is 0 Å². The Kier molecular flexibility index (Phi) is 3.93. The molecule has 2 aliphatic rings. The van der Waals surface area contributed by atoms with Crippen LogP contribution in [0.5, 0.6) is 0 Å². The number of likely N-dealkylation sites (N-methyl/N-ethyl adjacent to an activating group) is 1. The number of ether oxygens (including phenoxy) is 1. The summed E-state index contributed by atoms with van der Waals surface area (Å²) in [5, 5.41) is 0. The van der Waals surface area contributed by atoms with Crippen LogP contribution < -0.4 is 0 Å². The lowest BCUT2D eigenvalue weighted by molar-refractivity contribution is -0.136. The first-order valence-electron chi connectivity index (χ1n) is 6.20. The van der Waals surface area contributed by atoms with Gasteiger partial charge in [-0.1, -0.05) is 0 Å². The van der Waals surface area contributed by atoms with Gasteiger partial charge in [0.2, 0.25) is 15.9 Å². The third kappa shape index (κ3) is 2.67. The summed E-state index contributed by atoms with van der Waals surface area (Å²) in [6.45, 7) is 0.445. The number of methoxy groups -OCH3 is 1. The predicted octanol–water partition coefficient (Wildman–Crippen LogP) is -0.342. The highest BCUT2D eigenvalue weighted by Crippen LogP contribution is 2.27. The van der Waals surface area contributed by atoms with Crippen molar-refractivity contribution in [3.05, 3.63) is 0 Å². The molecule has 6 nitrogen and oxygen atoms in total. The molecular formula is C11H20N2O4S. The number of carbonyl (C=O) groups excluding carboxylic acids is 1. The molecule has 0 radical (unpaired) electrons. The lowest BCUT2D eigenvalue weighted by Crippen LogP contribution is -2.51. The minimum atomic E-state index is -3.18. The number of hydrogen-bond donors (Lipinski definition) is 0. The summed E-state index contributed by atoms with van der Waals surface area (Å²) in [5.74, 6) is 0.0409. The van der Waals surface area contributed by atoms with Crippen molar-refractivity contribution in [2.45, 2.75) is 31.4 Å². The van der Waals surface area contributed by atoms with Gasteiger partial charge in [-0.2, -0.15) is 4.31 Å². The standard InChI is InChI=1S/C11H20N2O4S/c1-12(9-6-10(7-9)17-2)11(14)8-13-4-3-5-18(13,15)16/h9-10H,3-8H2,1-2H3. The Morgan fingerprint density at radius 1 is 1.44 bits per heavy atom. The van der Waals surface area contributed by atoms with Crippen LogP contribution in [0.4, 0.5) is 0 Å². The van der Waals surface area contributed by atoms with Crippen LogP contribution in [0.2, 0.25) is 0 Å². The number of hydrogen-bond acceptors (Lipinski definition) is 4. The van der Waals surface area contributed by atoms with Crippen molar-refractivity contribution in [3.63, 3.8) is 0 Å². The molecule has 18 heavy (non-hydrogen) atoms. The van der Waals surface area contributed by atoms with Crippen molar-refractivity contribution < 1.29 is 17.9 Å². The molecule has 0 aromatic carbocycles. The first-order chi connectivity index (χ1) is 8.44. The van der Waals surface area contributed by atoms with E-state index in [-0.39, 0.29) is 30.4 Å². The van der Waals surface area contributed by atoms with Gasteiger partial charge < -0.3 is 9.64 Å². The lowest BCUT2D eigenvalue weighted by atomic mass is 9.88. The fourth-order valence-electron chi connectivity index (χ4n) is 2.38. The molecular weight excluding hydrogens is 256 g/mol. The molecule has 0 bridgehead atoms. The van der Waals surface area contributed by atoms with Gasteiger partial charge in [0, 0.05) is 26.7 Å². The number of nitrogens with zero attached hydrogens (tertiary/aromatic N) is 2. The van der Waals surface area contributed by atoms with Gasteiger partial charge in [0.1, 0.15) is 0 Å². The fourth-order valence-corrected chi connectivity index (χ4v) is 3.85. The summed E-state index contributed by atoms with van der Waals surface area (Å²) >= 11 is 0. The van der Waals surface area contributed by atoms with Gasteiger partial charge in [-0.15, -0.1) is 0 Å². The van der Waals surface area contributed by atoms with Gasteiger partial charge in [0.05, 0.1) is 18.4 Å². The van der Waals surface area contributed by atoms with E-state index >= 15 is 0 Å². The van der Waals surface area contributed by atoms with Crippen LogP contribution in [-0.4, -0.2) is 68.7 Å². The van der Waals surface area contributed by atoms with Crippen molar-refractivity contribution in [2.24, 2.45) is 0 Å². The number of amides is 1. The maximum atomic E-state index is 12.0. The zero-order chi connectivity index (χ0) is 13.3. The van der Waals surface area contributed by atoms with Crippen molar-refractivity contribution in [2.75, 3.05) is 33.0 Å². The van der Waals surface area contributed by atoms with Crippen molar-refractivity contribution in [1.82, 2.24) is 9.21 Å². The second kappa shape index (κ2) is 5.14. The van der Waals surface area contributed by atoms with E-state index in [0.717, 1.165) is 12.8 Å². The van der Waals surface area contributed by atoms with E-state index in [2.05, 4.69) is 0 Å². The summed E-state index contributed by atoms with van der Waals surface area (Å²) in [6, 6.07) is 0.188. The maximum absolute atomic E-state index is 12.0. The van der Waals surface area contributed by atoms with Crippen LogP contribution in [0.25, 0.3) is 0 Å². The Hall–Kier alpha value is -0.660. The summed E-state index contributed by atoms with van der Waals surface area (Å²) < 4.78 is 29.7. The molecule has 1 saturated carbocycles. The number of sulfonamides is 1.